The van der Waals surface area contributed by atoms with E-state index in [2.05, 4.69) is 30.5 Å². The summed E-state index contributed by atoms with van der Waals surface area (Å²) in [6.07, 6.45) is 3.24. The number of amides is 1. The molecular weight excluding hydrogens is 392 g/mol. The molecule has 5 rings (SSSR count). The van der Waals surface area contributed by atoms with E-state index in [0.29, 0.717) is 17.6 Å². The van der Waals surface area contributed by atoms with Gasteiger partial charge in [-0.25, -0.2) is 9.97 Å². The summed E-state index contributed by atoms with van der Waals surface area (Å²) in [6.45, 7) is 0.326. The lowest BCUT2D eigenvalue weighted by Crippen LogP contribution is -2.29. The van der Waals surface area contributed by atoms with Crippen LogP contribution < -0.4 is 5.32 Å². The van der Waals surface area contributed by atoms with Crippen LogP contribution in [0.4, 0.5) is 0 Å². The van der Waals surface area contributed by atoms with E-state index < -0.39 is 0 Å². The molecule has 0 aliphatic rings. The summed E-state index contributed by atoms with van der Waals surface area (Å²) in [5.41, 5.74) is 5.12. The number of hydrogen-bond donors (Lipinski definition) is 3. The minimum atomic E-state index is -0.334. The van der Waals surface area contributed by atoms with Crippen LogP contribution in [-0.4, -0.2) is 44.7 Å². The summed E-state index contributed by atoms with van der Waals surface area (Å²) in [4.78, 5) is 25.6. The lowest BCUT2D eigenvalue weighted by Gasteiger charge is -2.15. The van der Waals surface area contributed by atoms with E-state index >= 15 is 0 Å². The highest BCUT2D eigenvalue weighted by atomic mass is 16.5. The Hall–Kier alpha value is -4.04. The lowest BCUT2D eigenvalue weighted by atomic mass is 10.1. The molecule has 0 aliphatic carbocycles. The van der Waals surface area contributed by atoms with Crippen LogP contribution in [0, 0.1) is 0 Å². The zero-order valence-electron chi connectivity index (χ0n) is 16.8. The van der Waals surface area contributed by atoms with Crippen LogP contribution in [0.25, 0.3) is 33.2 Å². The summed E-state index contributed by atoms with van der Waals surface area (Å²) < 4.78 is 5.51. The first-order chi connectivity index (χ1) is 15.2. The standard InChI is InChI=1S/C23H20N6O2/c1-31-20(14-5-3-2-4-6-14)13-25-23(30)22-26-18-11-16-17(12-19(18)27-22)28-29-21(16)15-7-9-24-10-8-15/h2-12,20,28-29H,13H2,1H3,(H,25,30). The number of imidazole rings is 1. The predicted molar refractivity (Wildman–Crippen MR) is 118 cm³/mol. The minimum absolute atomic E-state index is 0.139. The number of nitrogens with one attached hydrogen (secondary N) is 3. The number of carbonyl (C=O) groups excluding carboxylic acids is 1. The van der Waals surface area contributed by atoms with Crippen molar-refractivity contribution in [3.63, 3.8) is 0 Å². The zero-order valence-corrected chi connectivity index (χ0v) is 16.8. The summed E-state index contributed by atoms with van der Waals surface area (Å²) in [5.74, 6) is -0.196. The van der Waals surface area contributed by atoms with E-state index in [-0.39, 0.29) is 17.8 Å². The molecule has 0 fully saturated rings. The van der Waals surface area contributed by atoms with E-state index in [1.165, 1.54) is 0 Å². The van der Waals surface area contributed by atoms with Crippen LogP contribution in [0.3, 0.4) is 0 Å². The number of H-pyrrole nitrogens is 2. The molecule has 3 heterocycles. The Balaban J connectivity index is 1.40. The van der Waals surface area contributed by atoms with Gasteiger partial charge in [-0.3, -0.25) is 14.9 Å². The predicted octanol–water partition coefficient (Wildman–Crippen LogP) is 3.62. The first-order valence-corrected chi connectivity index (χ1v) is 9.87. The number of carbonyl (C=O) groups is 1. The molecule has 31 heavy (non-hydrogen) atoms. The van der Waals surface area contributed by atoms with Crippen molar-refractivity contribution in [2.75, 3.05) is 13.7 Å². The van der Waals surface area contributed by atoms with E-state index in [4.69, 9.17) is 4.74 Å². The summed E-state index contributed by atoms with van der Waals surface area (Å²) in [6, 6.07) is 17.4. The maximum Gasteiger partial charge on any atom is 0.289 e. The Bertz CT molecular complexity index is 1340. The number of aromatic amines is 2. The summed E-state index contributed by atoms with van der Waals surface area (Å²) >= 11 is 0. The second-order valence-corrected chi connectivity index (χ2v) is 7.14. The van der Waals surface area contributed by atoms with Gasteiger partial charge in [-0.05, 0) is 29.8 Å². The van der Waals surface area contributed by atoms with Crippen LogP contribution in [0.2, 0.25) is 0 Å². The molecule has 0 aliphatic heterocycles. The number of benzene rings is 2. The number of nitrogens with zero attached hydrogens (tertiary/aromatic N) is 3. The third-order valence-electron chi connectivity index (χ3n) is 5.23. The number of fused-ring (bicyclic) bond motifs is 2. The Morgan fingerprint density at radius 2 is 1.77 bits per heavy atom. The largest absolute Gasteiger partial charge is 0.375 e. The molecule has 3 aromatic heterocycles. The molecule has 5 aromatic rings. The maximum absolute atomic E-state index is 12.7. The minimum Gasteiger partial charge on any atom is -0.375 e. The van der Waals surface area contributed by atoms with E-state index in [9.17, 15) is 4.79 Å². The monoisotopic (exact) mass is 412 g/mol. The van der Waals surface area contributed by atoms with Crippen molar-refractivity contribution in [2.24, 2.45) is 0 Å². The summed E-state index contributed by atoms with van der Waals surface area (Å²) in [5, 5.41) is 10.2. The Kier molecular flexibility index (Phi) is 4.89. The van der Waals surface area contributed by atoms with E-state index in [0.717, 1.165) is 27.7 Å². The molecule has 0 saturated carbocycles. The van der Waals surface area contributed by atoms with E-state index in [1.54, 1.807) is 19.5 Å². The maximum atomic E-state index is 12.7. The van der Waals surface area contributed by atoms with Gasteiger partial charge in [0, 0.05) is 37.0 Å². The Labute approximate surface area is 177 Å². The first kappa shape index (κ1) is 19.0. The van der Waals surface area contributed by atoms with Gasteiger partial charge in [0.25, 0.3) is 5.91 Å². The molecule has 0 saturated heterocycles. The molecular formula is C23H20N6O2. The SMILES string of the molecule is COC(CNC(=O)c1nc2cc3[nH][nH]c(-c4ccncc4)c3cc2n1)c1ccccc1. The molecule has 1 atom stereocenters. The number of methoxy groups -OCH3 is 1. The second-order valence-electron chi connectivity index (χ2n) is 7.14. The first-order valence-electron chi connectivity index (χ1n) is 9.87. The van der Waals surface area contributed by atoms with Crippen LogP contribution >= 0.6 is 0 Å². The highest BCUT2D eigenvalue weighted by Crippen LogP contribution is 2.28. The second kappa shape index (κ2) is 8.00. The van der Waals surface area contributed by atoms with Crippen molar-refractivity contribution < 1.29 is 9.53 Å². The lowest BCUT2D eigenvalue weighted by molar-refractivity contribution is 0.0821. The van der Waals surface area contributed by atoms with Crippen molar-refractivity contribution >= 4 is 27.8 Å². The number of rotatable bonds is 6. The van der Waals surface area contributed by atoms with Crippen molar-refractivity contribution in [1.82, 2.24) is 30.5 Å². The van der Waals surface area contributed by atoms with Crippen LogP contribution in [-0.2, 0) is 4.74 Å². The van der Waals surface area contributed by atoms with Gasteiger partial charge < -0.3 is 15.2 Å². The van der Waals surface area contributed by atoms with Crippen molar-refractivity contribution in [3.8, 4) is 11.3 Å². The topological polar surface area (TPSA) is 109 Å². The quantitative estimate of drug-likeness (QED) is 0.395. The summed E-state index contributed by atoms with van der Waals surface area (Å²) in [7, 11) is 1.62. The zero-order chi connectivity index (χ0) is 21.2. The van der Waals surface area contributed by atoms with Gasteiger partial charge in [-0.15, -0.1) is 0 Å². The van der Waals surface area contributed by atoms with Crippen LogP contribution in [0.1, 0.15) is 22.3 Å². The fourth-order valence-electron chi connectivity index (χ4n) is 3.63. The molecule has 0 spiro atoms. The average molecular weight is 412 g/mol. The number of ether oxygens (including phenoxy) is 1. The highest BCUT2D eigenvalue weighted by Gasteiger charge is 2.18. The number of hydrogen-bond acceptors (Lipinski definition) is 5. The molecule has 0 bridgehead atoms. The van der Waals surface area contributed by atoms with Crippen molar-refractivity contribution in [2.45, 2.75) is 6.10 Å². The molecule has 2 aromatic carbocycles. The number of aromatic nitrogens is 5. The fraction of sp³-hybridized carbons (Fsp3) is 0.130. The van der Waals surface area contributed by atoms with Crippen molar-refractivity contribution in [1.29, 1.82) is 0 Å². The van der Waals surface area contributed by atoms with Crippen molar-refractivity contribution in [3.05, 3.63) is 78.4 Å². The van der Waals surface area contributed by atoms with Gasteiger partial charge in [0.2, 0.25) is 5.82 Å². The Morgan fingerprint density at radius 1 is 1.03 bits per heavy atom. The normalized spacial score (nSPS) is 12.3. The number of pyridine rings is 1. The third-order valence-corrected chi connectivity index (χ3v) is 5.23. The molecule has 0 radical (unpaired) electrons. The Morgan fingerprint density at radius 3 is 2.52 bits per heavy atom. The van der Waals surface area contributed by atoms with Crippen LogP contribution in [0.15, 0.2) is 67.0 Å². The fourth-order valence-corrected chi connectivity index (χ4v) is 3.63. The molecule has 1 unspecified atom stereocenters. The van der Waals surface area contributed by atoms with Crippen LogP contribution in [0.5, 0.6) is 0 Å². The van der Waals surface area contributed by atoms with Gasteiger partial charge in [0.15, 0.2) is 0 Å². The van der Waals surface area contributed by atoms with Gasteiger partial charge in [0.05, 0.1) is 28.3 Å². The van der Waals surface area contributed by atoms with Gasteiger partial charge in [-0.2, -0.15) is 0 Å². The highest BCUT2D eigenvalue weighted by molar-refractivity contribution is 6.02. The van der Waals surface area contributed by atoms with E-state index in [1.807, 2.05) is 54.6 Å². The smallest absolute Gasteiger partial charge is 0.289 e. The van der Waals surface area contributed by atoms with Gasteiger partial charge in [0.1, 0.15) is 0 Å². The molecule has 8 heteroatoms. The molecule has 8 nitrogen and oxygen atoms in total. The van der Waals surface area contributed by atoms with Gasteiger partial charge >= 0.3 is 0 Å². The molecule has 154 valence electrons. The molecule has 3 N–H and O–H groups in total. The third kappa shape index (κ3) is 3.64. The average Bonchev–Trinajstić information content (AvgIpc) is 3.42. The molecule has 1 amide bonds. The van der Waals surface area contributed by atoms with Gasteiger partial charge in [-0.1, -0.05) is 30.3 Å².